The summed E-state index contributed by atoms with van der Waals surface area (Å²) in [4.78, 5) is 13.7. The van der Waals surface area contributed by atoms with E-state index >= 15 is 0 Å². The van der Waals surface area contributed by atoms with Crippen molar-refractivity contribution in [2.75, 3.05) is 5.73 Å². The molecule has 4 aromatic rings. The summed E-state index contributed by atoms with van der Waals surface area (Å²) in [6, 6.07) is 9.46. The summed E-state index contributed by atoms with van der Waals surface area (Å²) in [5.74, 6) is 1.48. The lowest BCUT2D eigenvalue weighted by Gasteiger charge is -2.06. The number of anilines is 1. The van der Waals surface area contributed by atoms with Crippen LogP contribution in [-0.4, -0.2) is 15.0 Å². The molecular formula is C15H10N4OS2. The van der Waals surface area contributed by atoms with Gasteiger partial charge in [-0.3, -0.25) is 9.97 Å². The van der Waals surface area contributed by atoms with Gasteiger partial charge in [0.2, 0.25) is 0 Å². The average molecular weight is 326 g/mol. The molecule has 0 aliphatic carbocycles. The Bertz CT molecular complexity index is 934. The lowest BCUT2D eigenvalue weighted by atomic mass is 10.3. The topological polar surface area (TPSA) is 73.9 Å². The Hall–Kier alpha value is -2.51. The first kappa shape index (κ1) is 13.2. The zero-order valence-electron chi connectivity index (χ0n) is 11.3. The van der Waals surface area contributed by atoms with Crippen molar-refractivity contribution in [1.29, 1.82) is 0 Å². The minimum absolute atomic E-state index is 0.559. The quantitative estimate of drug-likeness (QED) is 0.611. The summed E-state index contributed by atoms with van der Waals surface area (Å²) in [5.41, 5.74) is 9.24. The SMILES string of the molecule is Nc1nc2ccc(Oc3ccnc(-c4cncs4)c3)cc2s1. The van der Waals surface area contributed by atoms with Crippen molar-refractivity contribution >= 4 is 38.0 Å². The summed E-state index contributed by atoms with van der Waals surface area (Å²) in [5, 5.41) is 0.559. The van der Waals surface area contributed by atoms with E-state index in [4.69, 9.17) is 10.5 Å². The van der Waals surface area contributed by atoms with Crippen molar-refractivity contribution in [2.24, 2.45) is 0 Å². The minimum Gasteiger partial charge on any atom is -0.457 e. The molecule has 3 heterocycles. The Balaban J connectivity index is 1.65. The zero-order chi connectivity index (χ0) is 14.9. The van der Waals surface area contributed by atoms with Crippen LogP contribution in [0.5, 0.6) is 11.5 Å². The third-order valence-electron chi connectivity index (χ3n) is 3.03. The predicted molar refractivity (Wildman–Crippen MR) is 89.5 cm³/mol. The number of pyridine rings is 1. The van der Waals surface area contributed by atoms with Crippen molar-refractivity contribution in [3.05, 3.63) is 48.2 Å². The van der Waals surface area contributed by atoms with Gasteiger partial charge in [-0.05, 0) is 18.2 Å². The van der Waals surface area contributed by atoms with Crippen molar-refractivity contribution < 1.29 is 4.74 Å². The van der Waals surface area contributed by atoms with E-state index in [-0.39, 0.29) is 0 Å². The molecule has 0 saturated carbocycles. The van der Waals surface area contributed by atoms with Gasteiger partial charge in [0.1, 0.15) is 11.5 Å². The van der Waals surface area contributed by atoms with Crippen LogP contribution in [-0.2, 0) is 0 Å². The maximum absolute atomic E-state index is 5.92. The van der Waals surface area contributed by atoms with Crippen LogP contribution in [0.1, 0.15) is 0 Å². The van der Waals surface area contributed by atoms with Crippen LogP contribution in [0.4, 0.5) is 5.13 Å². The summed E-state index contributed by atoms with van der Waals surface area (Å²) >= 11 is 2.99. The first-order valence-electron chi connectivity index (χ1n) is 6.47. The molecule has 7 heteroatoms. The van der Waals surface area contributed by atoms with Gasteiger partial charge in [-0.1, -0.05) is 11.3 Å². The zero-order valence-corrected chi connectivity index (χ0v) is 12.9. The van der Waals surface area contributed by atoms with E-state index in [2.05, 4.69) is 15.0 Å². The molecule has 0 radical (unpaired) electrons. The van der Waals surface area contributed by atoms with Gasteiger partial charge in [-0.25, -0.2) is 4.98 Å². The number of thiazole rings is 2. The molecule has 0 aliphatic rings. The van der Waals surface area contributed by atoms with Crippen LogP contribution in [0, 0.1) is 0 Å². The Kier molecular flexibility index (Phi) is 3.21. The Morgan fingerprint density at radius 2 is 2.00 bits per heavy atom. The smallest absolute Gasteiger partial charge is 0.181 e. The highest BCUT2D eigenvalue weighted by molar-refractivity contribution is 7.22. The van der Waals surface area contributed by atoms with Gasteiger partial charge in [0.15, 0.2) is 5.13 Å². The molecule has 0 bridgehead atoms. The van der Waals surface area contributed by atoms with Crippen LogP contribution in [0.15, 0.2) is 48.2 Å². The summed E-state index contributed by atoms with van der Waals surface area (Å²) < 4.78 is 6.92. The van der Waals surface area contributed by atoms with Gasteiger partial charge in [0.05, 0.1) is 26.3 Å². The molecule has 1 aromatic carbocycles. The summed E-state index contributed by atoms with van der Waals surface area (Å²) in [7, 11) is 0. The third-order valence-corrected chi connectivity index (χ3v) is 4.67. The van der Waals surface area contributed by atoms with Crippen LogP contribution in [0.3, 0.4) is 0 Å². The largest absolute Gasteiger partial charge is 0.457 e. The second-order valence-electron chi connectivity index (χ2n) is 4.53. The van der Waals surface area contributed by atoms with E-state index in [1.165, 1.54) is 11.3 Å². The molecule has 0 fully saturated rings. The number of nitrogens with zero attached hydrogens (tertiary/aromatic N) is 3. The van der Waals surface area contributed by atoms with Gasteiger partial charge >= 0.3 is 0 Å². The number of nitrogens with two attached hydrogens (primary N) is 1. The average Bonchev–Trinajstić information content (AvgIpc) is 3.15. The van der Waals surface area contributed by atoms with Crippen LogP contribution in [0.2, 0.25) is 0 Å². The van der Waals surface area contributed by atoms with Gasteiger partial charge in [-0.2, -0.15) is 0 Å². The van der Waals surface area contributed by atoms with Crippen molar-refractivity contribution in [2.45, 2.75) is 0 Å². The standard InChI is InChI=1S/C15H10N4OS2/c16-15-19-11-2-1-9(6-13(11)22-15)20-10-3-4-18-12(5-10)14-7-17-8-21-14/h1-8H,(H2,16,19). The molecule has 22 heavy (non-hydrogen) atoms. The molecule has 0 aliphatic heterocycles. The highest BCUT2D eigenvalue weighted by Crippen LogP contribution is 2.31. The Morgan fingerprint density at radius 3 is 2.86 bits per heavy atom. The normalized spacial score (nSPS) is 10.9. The number of nitrogen functional groups attached to an aromatic ring is 1. The second-order valence-corrected chi connectivity index (χ2v) is 6.47. The number of ether oxygens (including phenoxy) is 1. The van der Waals surface area contributed by atoms with Gasteiger partial charge < -0.3 is 10.5 Å². The fourth-order valence-corrected chi connectivity index (χ4v) is 3.43. The maximum atomic E-state index is 5.92. The van der Waals surface area contributed by atoms with Crippen LogP contribution in [0.25, 0.3) is 20.8 Å². The number of aromatic nitrogens is 3. The summed E-state index contributed by atoms with van der Waals surface area (Å²) in [6.07, 6.45) is 3.52. The third kappa shape index (κ3) is 2.51. The van der Waals surface area contributed by atoms with Crippen molar-refractivity contribution in [1.82, 2.24) is 15.0 Å². The van der Waals surface area contributed by atoms with Gasteiger partial charge in [0, 0.05) is 24.5 Å². The minimum atomic E-state index is 0.559. The molecule has 3 aromatic heterocycles. The number of benzene rings is 1. The monoisotopic (exact) mass is 326 g/mol. The molecule has 108 valence electrons. The molecule has 0 spiro atoms. The van der Waals surface area contributed by atoms with E-state index in [9.17, 15) is 0 Å². The molecule has 5 nitrogen and oxygen atoms in total. The molecule has 0 amide bonds. The van der Waals surface area contributed by atoms with E-state index in [0.29, 0.717) is 5.13 Å². The first-order valence-corrected chi connectivity index (χ1v) is 8.16. The van der Waals surface area contributed by atoms with Crippen LogP contribution >= 0.6 is 22.7 Å². The predicted octanol–water partition coefficient (Wildman–Crippen LogP) is 4.19. The molecule has 0 unspecified atom stereocenters. The number of rotatable bonds is 3. The lowest BCUT2D eigenvalue weighted by molar-refractivity contribution is 0.483. The van der Waals surface area contributed by atoms with Crippen LogP contribution < -0.4 is 10.5 Å². The number of fused-ring (bicyclic) bond motifs is 1. The molecule has 4 rings (SSSR count). The first-order chi connectivity index (χ1) is 10.8. The highest BCUT2D eigenvalue weighted by Gasteiger charge is 2.06. The molecular weight excluding hydrogens is 316 g/mol. The highest BCUT2D eigenvalue weighted by atomic mass is 32.1. The van der Waals surface area contributed by atoms with Gasteiger partial charge in [0.25, 0.3) is 0 Å². The molecule has 0 atom stereocenters. The van der Waals surface area contributed by atoms with E-state index in [1.807, 2.05) is 30.3 Å². The van der Waals surface area contributed by atoms with E-state index in [0.717, 1.165) is 32.3 Å². The summed E-state index contributed by atoms with van der Waals surface area (Å²) in [6.45, 7) is 0. The number of hydrogen-bond donors (Lipinski definition) is 1. The molecule has 0 saturated heterocycles. The fourth-order valence-electron chi connectivity index (χ4n) is 2.07. The number of hydrogen-bond acceptors (Lipinski definition) is 7. The fraction of sp³-hybridized carbons (Fsp3) is 0. The molecule has 2 N–H and O–H groups in total. The Labute approximate surface area is 134 Å². The van der Waals surface area contributed by atoms with Crippen molar-refractivity contribution in [3.8, 4) is 22.1 Å². The van der Waals surface area contributed by atoms with E-state index < -0.39 is 0 Å². The van der Waals surface area contributed by atoms with Crippen molar-refractivity contribution in [3.63, 3.8) is 0 Å². The second kappa shape index (κ2) is 5.36. The maximum Gasteiger partial charge on any atom is 0.181 e. The Morgan fingerprint density at radius 1 is 1.09 bits per heavy atom. The van der Waals surface area contributed by atoms with E-state index in [1.54, 1.807) is 29.2 Å². The van der Waals surface area contributed by atoms with Gasteiger partial charge in [-0.15, -0.1) is 11.3 Å². The lowest BCUT2D eigenvalue weighted by Crippen LogP contribution is -1.86.